The lowest BCUT2D eigenvalue weighted by Gasteiger charge is -2.52. The van der Waals surface area contributed by atoms with Gasteiger partial charge >= 0.3 is 0 Å². The molecule has 8 heterocycles. The van der Waals surface area contributed by atoms with Gasteiger partial charge in [0.05, 0.1) is 22.2 Å². The van der Waals surface area contributed by atoms with E-state index in [-0.39, 0.29) is 94.7 Å². The fraction of sp³-hybridized carbons (Fsp3) is 0.913. The highest BCUT2D eigenvalue weighted by molar-refractivity contribution is 5.55. The fourth-order valence-electron chi connectivity index (χ4n) is 21.5. The monoisotopic (exact) mass is 1970 g/mol. The third-order valence-corrected chi connectivity index (χ3v) is 28.4. The van der Waals surface area contributed by atoms with Gasteiger partial charge in [0.1, 0.15) is 12.7 Å². The second-order valence-corrected chi connectivity index (χ2v) is 48.4. The van der Waals surface area contributed by atoms with Gasteiger partial charge in [0.15, 0.2) is 18.3 Å². The molecule has 6 fully saturated rings. The largest absolute Gasteiger partial charge is 0.378 e. The summed E-state index contributed by atoms with van der Waals surface area (Å²) in [6.07, 6.45) is 1.62. The van der Waals surface area contributed by atoms with E-state index < -0.39 is 63.0 Å². The smallest absolute Gasteiger partial charge is 0.294 e. The fourth-order valence-corrected chi connectivity index (χ4v) is 21.5. The van der Waals surface area contributed by atoms with Crippen molar-refractivity contribution in [2.24, 2.45) is 29.2 Å². The van der Waals surface area contributed by atoms with Crippen LogP contribution in [0.4, 0.5) is 5.69 Å². The van der Waals surface area contributed by atoms with Gasteiger partial charge in [-0.1, -0.05) is 12.1 Å². The van der Waals surface area contributed by atoms with Gasteiger partial charge in [0.25, 0.3) is 25.4 Å². The lowest BCUT2D eigenvalue weighted by Crippen LogP contribution is -2.62. The van der Waals surface area contributed by atoms with Gasteiger partial charge < -0.3 is 113 Å². The summed E-state index contributed by atoms with van der Waals surface area (Å²) in [6.45, 7) is 67.7. The number of hydroxylamine groups is 16. The van der Waals surface area contributed by atoms with E-state index in [9.17, 15) is 92.2 Å². The Labute approximate surface area is 817 Å². The Morgan fingerprint density at radius 2 is 0.766 bits per heavy atom. The summed E-state index contributed by atoms with van der Waals surface area (Å²) in [4.78, 5) is 81.3. The number of hydrogen-bond donors (Lipinski definition) is 13. The van der Waals surface area contributed by atoms with Gasteiger partial charge in [-0.05, 0) is 402 Å². The molecule has 8 aliphatic heterocycles. The van der Waals surface area contributed by atoms with E-state index in [0.717, 1.165) is 77.4 Å². The number of fused-ring (bicyclic) bond motifs is 1. The zero-order chi connectivity index (χ0) is 108. The van der Waals surface area contributed by atoms with E-state index in [1.54, 1.807) is 0 Å². The van der Waals surface area contributed by atoms with Gasteiger partial charge in [-0.25, -0.2) is 0 Å². The molecule has 0 aliphatic carbocycles. The summed E-state index contributed by atoms with van der Waals surface area (Å²) in [5, 5.41) is 147. The third kappa shape index (κ3) is 34.5. The summed E-state index contributed by atoms with van der Waals surface area (Å²) < 4.78 is 0. The second kappa shape index (κ2) is 48.9. The van der Waals surface area contributed by atoms with Crippen LogP contribution in [0.15, 0.2) is 29.8 Å². The molecule has 45 heteroatoms. The zero-order valence-corrected chi connectivity index (χ0v) is 91.6. The standard InChI is InChI=1S/C14H22N2O.2C11H24N2O.C10H22N2O.C10H20N2O.C10H22N2O.2C9H20N2O.C8H14N6O15/c1-13(2)11-8-7-10(15(5)6)9-12(11)14(3,4)16(13)17;1-10(2)7-9(8-12(5)6)11(3,4)13(10)14;1-10(2)7-9(12(5)6)8-11(3,4)13(10)14;2*1-9(2)6-8(7-11-5)10(3,4)12(9)13;1-9(2)6-8(11-5)7-10(3,4)12(9)13;1-8(2)5-7(6-10)9(3,4)11(8)12;1-8(2)5-7(10)6-9(3,4)11(8)12;1-9(2)3-5(26-11(17)18)7(28-13(21)22)8(29-14(23)24)6(27-12(19)20)4-25-10(15)16/h7-9,17H,1-6H3;2*9,14H,7-8H2,1-6H3;8,11,13H,6-7H2,1-5H3;6,11,13H,7H2,1-5H3;8,11,13H,6-7H2,1-5H3;2*7,12H,5-6,10H2,1-4H3;5-8H,3-4H2,1-2H3/t;;;;;;;;5-,6+,7+,8+/m........0/s1. The lowest BCUT2D eigenvalue weighted by atomic mass is 9.78. The van der Waals surface area contributed by atoms with Crippen LogP contribution in [0.3, 0.4) is 0 Å². The molecule has 0 saturated carbocycles. The Bertz CT molecular complexity index is 3940. The molecule has 45 nitrogen and oxygen atoms in total. The van der Waals surface area contributed by atoms with Crippen molar-refractivity contribution in [3.8, 4) is 0 Å². The molecule has 8 aliphatic rings. The van der Waals surface area contributed by atoms with Crippen LogP contribution in [0.2, 0.25) is 0 Å². The summed E-state index contributed by atoms with van der Waals surface area (Å²) in [5.41, 5.74) is 13.6. The van der Waals surface area contributed by atoms with E-state index in [0.29, 0.717) is 36.4 Å². The number of piperidine rings is 3. The molecule has 6 saturated heterocycles. The first-order valence-corrected chi connectivity index (χ1v) is 47.3. The van der Waals surface area contributed by atoms with Crippen LogP contribution in [-0.4, -0.2) is 359 Å². The summed E-state index contributed by atoms with van der Waals surface area (Å²) in [6, 6.07) is 7.68. The van der Waals surface area contributed by atoms with Crippen LogP contribution in [0.25, 0.3) is 0 Å². The summed E-state index contributed by atoms with van der Waals surface area (Å²) >= 11 is 0. The summed E-state index contributed by atoms with van der Waals surface area (Å²) in [7, 11) is 21.0. The van der Waals surface area contributed by atoms with E-state index in [1.165, 1.54) is 81.9 Å². The Morgan fingerprint density at radius 1 is 0.416 bits per heavy atom. The van der Waals surface area contributed by atoms with Crippen LogP contribution in [0.5, 0.6) is 0 Å². The average molecular weight is 1970 g/mol. The van der Waals surface area contributed by atoms with Crippen LogP contribution in [-0.2, 0) is 35.3 Å². The predicted molar refractivity (Wildman–Crippen MR) is 526 cm³/mol. The number of nitrogens with one attached hydrogen (secondary N) is 3. The van der Waals surface area contributed by atoms with Crippen LogP contribution >= 0.6 is 0 Å². The number of nitrogens with two attached hydrogens (primary N) is 2. The lowest BCUT2D eigenvalue weighted by molar-refractivity contribution is -0.831. The topological polar surface area (TPSA) is 551 Å². The number of nitrogens with zero attached hydrogens (tertiary/aromatic N) is 17. The van der Waals surface area contributed by atoms with E-state index in [4.69, 9.17) is 11.5 Å². The van der Waals surface area contributed by atoms with Crippen LogP contribution < -0.4 is 32.3 Å². The van der Waals surface area contributed by atoms with Gasteiger partial charge in [-0.15, -0.1) is 50.6 Å². The number of benzene rings is 1. The predicted octanol–water partition coefficient (Wildman–Crippen LogP) is 11.8. The zero-order valence-electron chi connectivity index (χ0n) is 91.6. The van der Waals surface area contributed by atoms with Crippen molar-refractivity contribution >= 4 is 5.69 Å². The molecular weight excluding hydrogens is 1780 g/mol. The molecule has 7 atom stereocenters. The minimum atomic E-state index is -2.51. The Kier molecular flexibility index (Phi) is 46.0. The average Bonchev–Trinajstić information content (AvgIpc) is 1.56. The van der Waals surface area contributed by atoms with Crippen LogP contribution in [0, 0.1) is 68.3 Å². The molecule has 1 aromatic rings. The second-order valence-electron chi connectivity index (χ2n) is 48.4. The molecule has 3 unspecified atom stereocenters. The van der Waals surface area contributed by atoms with Crippen molar-refractivity contribution in [1.29, 1.82) is 0 Å². The first-order chi connectivity index (χ1) is 61.4. The maximum Gasteiger partial charge on any atom is 0.294 e. The highest BCUT2D eigenvalue weighted by atomic mass is 17.0. The third-order valence-electron chi connectivity index (χ3n) is 28.4. The SMILES string of the molecule is CC1(C)CC(CN)C(C)(C)N1O.CC1(C)CC(N)CC(C)(C)N1O.CN(C)C1CC(C)(C)N(O)C(C)(C)C1.CN(C)CC1CC(C)(C)N(O)C1(C)C.CN(C)C[C@H](O[N+](=O)[O-])[C@@H](O[N+](=O)[O-])[C@H](O[N+](=O)[O-])[C@@H](CO[N+](=O)[O-])O[N+](=O)[O-].CN(C)c1ccc2c(c1)C(C)(C)N(O)C2(C)C.CNC1CC(C)(C)N(O)C(C)(C)C1.CNCC1=CC(C)(C)N(O)C1(C)C.CNCC1CC(C)(C)N(O)C1(C)C. The number of likely N-dealkylation sites (N-methyl/N-ethyl adjacent to an activating group) is 2. The normalized spacial score (nSPS) is 25.8. The highest BCUT2D eigenvalue weighted by Crippen LogP contribution is 2.51. The Hall–Kier alpha value is -6.20. The Balaban J connectivity index is 0.000000783. The van der Waals surface area contributed by atoms with Crippen molar-refractivity contribution in [1.82, 2.24) is 71.2 Å². The van der Waals surface area contributed by atoms with Crippen molar-refractivity contribution < 1.29 is 91.3 Å². The number of rotatable bonds is 26. The molecule has 1 aromatic carbocycles. The van der Waals surface area contributed by atoms with Gasteiger partial charge in [-0.2, -0.15) is 40.5 Å². The Morgan fingerprint density at radius 3 is 1.07 bits per heavy atom. The van der Waals surface area contributed by atoms with Gasteiger partial charge in [0, 0.05) is 124 Å². The van der Waals surface area contributed by atoms with Crippen molar-refractivity contribution in [3.05, 3.63) is 91.5 Å². The van der Waals surface area contributed by atoms with Crippen molar-refractivity contribution in [2.45, 2.75) is 411 Å². The molecule has 137 heavy (non-hydrogen) atoms. The number of hydrogen-bond acceptors (Lipinski definition) is 40. The van der Waals surface area contributed by atoms with Crippen LogP contribution in [0.1, 0.15) is 290 Å². The van der Waals surface area contributed by atoms with Crippen molar-refractivity contribution in [3.63, 3.8) is 0 Å². The molecular formula is C92H188N22O23. The van der Waals surface area contributed by atoms with E-state index in [2.05, 4.69) is 246 Å². The molecule has 15 N–H and O–H groups in total. The molecule has 0 aromatic heterocycles. The molecule has 0 bridgehead atoms. The summed E-state index contributed by atoms with van der Waals surface area (Å²) in [5.74, 6) is 1.42. The number of anilines is 1. The minimum absolute atomic E-state index is 0.0922. The maximum atomic E-state index is 10.8. The van der Waals surface area contributed by atoms with E-state index in [1.807, 2.05) is 118 Å². The minimum Gasteiger partial charge on any atom is -0.378 e. The highest BCUT2D eigenvalue weighted by Gasteiger charge is 2.56. The van der Waals surface area contributed by atoms with Gasteiger partial charge in [-0.3, -0.25) is 0 Å². The maximum absolute atomic E-state index is 10.8. The van der Waals surface area contributed by atoms with E-state index >= 15 is 0 Å². The molecule has 804 valence electrons. The van der Waals surface area contributed by atoms with Gasteiger partial charge in [0.2, 0.25) is 0 Å². The first kappa shape index (κ1) is 129. The molecule has 0 spiro atoms. The molecule has 0 amide bonds. The van der Waals surface area contributed by atoms with Crippen molar-refractivity contribution in [2.75, 3.05) is 122 Å². The quantitative estimate of drug-likeness (QED) is 0.0233. The molecule has 9 rings (SSSR count). The first-order valence-electron chi connectivity index (χ1n) is 47.3. The molecule has 0 radical (unpaired) electrons.